The van der Waals surface area contributed by atoms with Crippen molar-refractivity contribution in [2.24, 2.45) is 0 Å². The molecule has 0 aliphatic heterocycles. The van der Waals surface area contributed by atoms with E-state index >= 15 is 0 Å². The molecule has 264 valence electrons. The van der Waals surface area contributed by atoms with E-state index in [1.165, 1.54) is 37.8 Å². The van der Waals surface area contributed by atoms with Crippen LogP contribution >= 0.6 is 0 Å². The number of benzene rings is 1. The normalized spacial score (nSPS) is 11.9. The van der Waals surface area contributed by atoms with E-state index < -0.39 is 10.1 Å². The largest absolute Gasteiger partial charge is 0.379 e. The van der Waals surface area contributed by atoms with Gasteiger partial charge in [0, 0.05) is 6.61 Å². The minimum atomic E-state index is -3.77. The molecule has 0 N–H and O–H groups in total. The predicted molar refractivity (Wildman–Crippen MR) is 170 cm³/mol. The molecule has 45 heavy (non-hydrogen) atoms. The van der Waals surface area contributed by atoms with Gasteiger partial charge in [-0.3, -0.25) is 4.18 Å². The van der Waals surface area contributed by atoms with Gasteiger partial charge in [0.2, 0.25) is 0 Å². The highest BCUT2D eigenvalue weighted by atomic mass is 32.2. The minimum Gasteiger partial charge on any atom is -0.379 e. The van der Waals surface area contributed by atoms with Gasteiger partial charge in [0.1, 0.15) is 0 Å². The molecule has 0 radical (unpaired) electrons. The molecule has 0 unspecified atom stereocenters. The zero-order valence-corrected chi connectivity index (χ0v) is 28.4. The fourth-order valence-electron chi connectivity index (χ4n) is 3.64. The Labute approximate surface area is 271 Å². The maximum Gasteiger partial charge on any atom is 0.297 e. The van der Waals surface area contributed by atoms with E-state index in [2.05, 4.69) is 6.92 Å². The topological polar surface area (TPSA) is 126 Å². The monoisotopic (exact) mass is 666 g/mol. The fraction of sp³-hybridized carbons (Fsp3) is 0.812. The van der Waals surface area contributed by atoms with Crippen LogP contribution in [0.5, 0.6) is 0 Å². The number of hydrogen-bond acceptors (Lipinski definition) is 12. The van der Waals surface area contributed by atoms with Gasteiger partial charge in [0.25, 0.3) is 10.1 Å². The van der Waals surface area contributed by atoms with Crippen LogP contribution in [-0.4, -0.2) is 134 Å². The maximum atomic E-state index is 12.1. The van der Waals surface area contributed by atoms with Crippen molar-refractivity contribution in [3.8, 4) is 0 Å². The summed E-state index contributed by atoms with van der Waals surface area (Å²) in [6.07, 6.45) is 6.25. The summed E-state index contributed by atoms with van der Waals surface area (Å²) in [6.45, 7) is 12.9. The SMILES string of the molecule is CCCCCCCOCCOCCOCCOCCOCCOCCOCCOCCOCCOS(=O)(=O)c1ccc(C)cc1. The number of aryl methyl sites for hydroxylation is 1. The van der Waals surface area contributed by atoms with Crippen molar-refractivity contribution in [2.45, 2.75) is 50.8 Å². The molecule has 0 atom stereocenters. The summed E-state index contributed by atoms with van der Waals surface area (Å²) < 4.78 is 78.2. The summed E-state index contributed by atoms with van der Waals surface area (Å²) in [5.41, 5.74) is 0.978. The van der Waals surface area contributed by atoms with Crippen molar-refractivity contribution >= 4 is 10.1 Å². The Balaban J connectivity index is 1.68. The Morgan fingerprint density at radius 2 is 0.733 bits per heavy atom. The van der Waals surface area contributed by atoms with Gasteiger partial charge in [-0.1, -0.05) is 50.3 Å². The van der Waals surface area contributed by atoms with Crippen molar-refractivity contribution in [1.29, 1.82) is 0 Å². The van der Waals surface area contributed by atoms with Crippen molar-refractivity contribution in [1.82, 2.24) is 0 Å². The molecule has 13 heteroatoms. The van der Waals surface area contributed by atoms with Gasteiger partial charge in [0.15, 0.2) is 0 Å². The second-order valence-corrected chi connectivity index (χ2v) is 11.6. The number of hydrogen-bond donors (Lipinski definition) is 0. The van der Waals surface area contributed by atoms with E-state index in [1.54, 1.807) is 12.1 Å². The number of ether oxygens (including phenoxy) is 9. The zero-order valence-electron chi connectivity index (χ0n) is 27.6. The van der Waals surface area contributed by atoms with Gasteiger partial charge in [-0.25, -0.2) is 0 Å². The van der Waals surface area contributed by atoms with Crippen LogP contribution in [0.3, 0.4) is 0 Å². The molecular formula is C32H58O12S. The van der Waals surface area contributed by atoms with E-state index in [9.17, 15) is 8.42 Å². The second kappa shape index (κ2) is 31.4. The standard InChI is InChI=1S/C32H58O12S/c1-3-4-5-6-7-12-35-13-14-36-15-16-37-17-18-38-19-20-39-21-22-40-23-24-41-25-26-42-27-28-43-29-30-44-45(33,34)32-10-8-31(2)9-11-32/h8-11H,3-7,12-30H2,1-2H3. The third kappa shape index (κ3) is 27.6. The fourth-order valence-corrected chi connectivity index (χ4v) is 4.54. The smallest absolute Gasteiger partial charge is 0.297 e. The Hall–Kier alpha value is -1.23. The lowest BCUT2D eigenvalue weighted by molar-refractivity contribution is -0.0254. The summed E-state index contributed by atoms with van der Waals surface area (Å²) in [6, 6.07) is 6.49. The van der Waals surface area contributed by atoms with Gasteiger partial charge in [-0.2, -0.15) is 8.42 Å². The van der Waals surface area contributed by atoms with Gasteiger partial charge < -0.3 is 42.6 Å². The molecule has 0 amide bonds. The average molecular weight is 667 g/mol. The van der Waals surface area contributed by atoms with Crippen molar-refractivity contribution in [3.63, 3.8) is 0 Å². The summed E-state index contributed by atoms with van der Waals surface area (Å²) in [5, 5.41) is 0. The summed E-state index contributed by atoms with van der Waals surface area (Å²) >= 11 is 0. The van der Waals surface area contributed by atoms with Crippen molar-refractivity contribution in [2.75, 3.05) is 126 Å². The first-order valence-electron chi connectivity index (χ1n) is 16.2. The Kier molecular flexibility index (Phi) is 29.1. The van der Waals surface area contributed by atoms with Crippen LogP contribution in [0.25, 0.3) is 0 Å². The zero-order chi connectivity index (χ0) is 32.5. The van der Waals surface area contributed by atoms with Gasteiger partial charge in [0.05, 0.1) is 124 Å². The van der Waals surface area contributed by atoms with E-state index in [4.69, 9.17) is 46.8 Å². The predicted octanol–water partition coefficient (Wildman–Crippen LogP) is 3.82. The maximum absolute atomic E-state index is 12.1. The first kappa shape index (κ1) is 41.8. The molecule has 1 rings (SSSR count). The molecule has 0 heterocycles. The molecule has 0 aromatic heterocycles. The summed E-state index contributed by atoms with van der Waals surface area (Å²) in [4.78, 5) is 0.132. The molecule has 12 nitrogen and oxygen atoms in total. The molecule has 0 saturated heterocycles. The van der Waals surface area contributed by atoms with Crippen LogP contribution < -0.4 is 0 Å². The second-order valence-electron chi connectivity index (χ2n) is 10.0. The molecule has 0 aliphatic carbocycles. The van der Waals surface area contributed by atoms with Crippen molar-refractivity contribution in [3.05, 3.63) is 29.8 Å². The Morgan fingerprint density at radius 1 is 0.422 bits per heavy atom. The third-order valence-electron chi connectivity index (χ3n) is 6.14. The number of rotatable bonds is 35. The van der Waals surface area contributed by atoms with Crippen LogP contribution in [0.2, 0.25) is 0 Å². The van der Waals surface area contributed by atoms with E-state index in [0.29, 0.717) is 106 Å². The first-order chi connectivity index (χ1) is 22.1. The molecule has 0 aliphatic rings. The van der Waals surface area contributed by atoms with Crippen LogP contribution in [0.1, 0.15) is 44.6 Å². The number of unbranched alkanes of at least 4 members (excludes halogenated alkanes) is 4. The lowest BCUT2D eigenvalue weighted by Crippen LogP contribution is -2.15. The molecule has 0 fully saturated rings. The highest BCUT2D eigenvalue weighted by Gasteiger charge is 2.14. The molecular weight excluding hydrogens is 608 g/mol. The Morgan fingerprint density at radius 3 is 1.09 bits per heavy atom. The molecule has 1 aromatic carbocycles. The van der Waals surface area contributed by atoms with Gasteiger partial charge in [-0.05, 0) is 25.5 Å². The minimum absolute atomic E-state index is 0.0547. The highest BCUT2D eigenvalue weighted by Crippen LogP contribution is 2.13. The lowest BCUT2D eigenvalue weighted by Gasteiger charge is -2.09. The summed E-state index contributed by atoms with van der Waals surface area (Å²) in [7, 11) is -3.77. The van der Waals surface area contributed by atoms with Crippen molar-refractivity contribution < 1.29 is 55.2 Å². The van der Waals surface area contributed by atoms with Crippen LogP contribution in [0.4, 0.5) is 0 Å². The quantitative estimate of drug-likeness (QED) is 0.0772. The first-order valence-corrected chi connectivity index (χ1v) is 17.6. The molecule has 1 aromatic rings. The Bertz CT molecular complexity index is 854. The van der Waals surface area contributed by atoms with Crippen LogP contribution in [0, 0.1) is 6.92 Å². The highest BCUT2D eigenvalue weighted by molar-refractivity contribution is 7.86. The van der Waals surface area contributed by atoms with E-state index in [1.807, 2.05) is 6.92 Å². The molecule has 0 bridgehead atoms. The van der Waals surface area contributed by atoms with Gasteiger partial charge in [-0.15, -0.1) is 0 Å². The lowest BCUT2D eigenvalue weighted by atomic mass is 10.2. The third-order valence-corrected chi connectivity index (χ3v) is 7.47. The van der Waals surface area contributed by atoms with Crippen LogP contribution in [0.15, 0.2) is 29.2 Å². The van der Waals surface area contributed by atoms with E-state index in [0.717, 1.165) is 18.6 Å². The van der Waals surface area contributed by atoms with E-state index in [-0.39, 0.29) is 18.1 Å². The molecule has 0 saturated carbocycles. The van der Waals surface area contributed by atoms with Crippen LogP contribution in [-0.2, 0) is 56.9 Å². The van der Waals surface area contributed by atoms with Gasteiger partial charge >= 0.3 is 0 Å². The summed E-state index contributed by atoms with van der Waals surface area (Å²) in [5.74, 6) is 0. The molecule has 0 spiro atoms. The average Bonchev–Trinajstić information content (AvgIpc) is 3.03.